The molecule has 2 atom stereocenters. The van der Waals surface area contributed by atoms with Gasteiger partial charge in [0.15, 0.2) is 5.69 Å². The van der Waals surface area contributed by atoms with E-state index in [1.54, 1.807) is 13.8 Å². The lowest BCUT2D eigenvalue weighted by Gasteiger charge is -2.29. The minimum atomic E-state index is -4.69. The quantitative estimate of drug-likeness (QED) is 0.747. The van der Waals surface area contributed by atoms with Crippen molar-refractivity contribution in [2.75, 3.05) is 20.1 Å². The van der Waals surface area contributed by atoms with Crippen LogP contribution in [0, 0.1) is 5.92 Å². The number of aromatic nitrogens is 2. The number of carbonyl (C=O) groups is 2. The summed E-state index contributed by atoms with van der Waals surface area (Å²) in [4.78, 5) is 32.2. The summed E-state index contributed by atoms with van der Waals surface area (Å²) in [6, 6.07) is -1.22. The second-order valence-corrected chi connectivity index (χ2v) is 6.19. The zero-order chi connectivity index (χ0) is 18.3. The first-order valence-electron chi connectivity index (χ1n) is 7.25. The van der Waals surface area contributed by atoms with Crippen LogP contribution in [0.3, 0.4) is 0 Å². The van der Waals surface area contributed by atoms with Crippen molar-refractivity contribution in [2.24, 2.45) is 5.92 Å². The van der Waals surface area contributed by atoms with Gasteiger partial charge < -0.3 is 9.90 Å². The fraction of sp³-hybridized carbons (Fsp3) is 0.571. The number of nitrogens with zero attached hydrogens (tertiary/aromatic N) is 4. The minimum absolute atomic E-state index is 0.0776. The zero-order valence-corrected chi connectivity index (χ0v) is 13.4. The predicted octanol–water partition coefficient (Wildman–Crippen LogP) is 0.643. The van der Waals surface area contributed by atoms with Gasteiger partial charge in [0.05, 0.1) is 12.5 Å². The molecule has 1 fully saturated rings. The SMILES string of the molecule is CC(C)C[N+]1(c2nccc(C(F)(F)F)n2)CC(C(=O)[O-])N(C)C1=O. The van der Waals surface area contributed by atoms with Gasteiger partial charge in [-0.2, -0.15) is 27.6 Å². The van der Waals surface area contributed by atoms with Crippen LogP contribution >= 0.6 is 0 Å². The number of likely N-dealkylation sites (N-methyl/N-ethyl adjacent to an activating group) is 1. The molecular weight excluding hydrogens is 329 g/mol. The van der Waals surface area contributed by atoms with Crippen molar-refractivity contribution < 1.29 is 27.9 Å². The topological polar surface area (TPSA) is 86.2 Å². The average molecular weight is 346 g/mol. The third-order valence-electron chi connectivity index (χ3n) is 3.89. The standard InChI is InChI=1S/C14H17F3N4O3/c1-8(2)6-21(7-9(11(22)23)20(3)13(21)24)12-18-5-4-10(19-12)14(15,16)17/h4-5,8-9H,6-7H2,1-3H3. The van der Waals surface area contributed by atoms with Crippen molar-refractivity contribution in [1.29, 1.82) is 0 Å². The summed E-state index contributed by atoms with van der Waals surface area (Å²) in [6.45, 7) is 3.34. The van der Waals surface area contributed by atoms with Crippen LogP contribution in [0.1, 0.15) is 19.5 Å². The number of urea groups is 1. The molecule has 0 aromatic carbocycles. The van der Waals surface area contributed by atoms with Gasteiger partial charge in [-0.1, -0.05) is 13.8 Å². The summed E-state index contributed by atoms with van der Waals surface area (Å²) in [5.74, 6) is -1.94. The van der Waals surface area contributed by atoms with Crippen molar-refractivity contribution in [3.8, 4) is 0 Å². The van der Waals surface area contributed by atoms with E-state index in [0.29, 0.717) is 6.07 Å². The van der Waals surface area contributed by atoms with Gasteiger partial charge >= 0.3 is 18.2 Å². The Hall–Kier alpha value is -2.23. The Balaban J connectivity index is 2.58. The van der Waals surface area contributed by atoms with Crippen molar-refractivity contribution >= 4 is 17.9 Å². The molecule has 1 aliphatic rings. The Morgan fingerprint density at radius 2 is 2.12 bits per heavy atom. The van der Waals surface area contributed by atoms with E-state index in [0.717, 1.165) is 11.1 Å². The van der Waals surface area contributed by atoms with Gasteiger partial charge in [-0.15, -0.1) is 0 Å². The Bertz CT molecular complexity index is 665. The smallest absolute Gasteiger partial charge is 0.433 e. The molecule has 0 saturated carbocycles. The van der Waals surface area contributed by atoms with Crippen LogP contribution in [0.4, 0.5) is 23.9 Å². The van der Waals surface area contributed by atoms with Crippen molar-refractivity contribution in [2.45, 2.75) is 26.1 Å². The number of halogens is 3. The number of rotatable bonds is 4. The van der Waals surface area contributed by atoms with E-state index >= 15 is 0 Å². The fourth-order valence-electron chi connectivity index (χ4n) is 2.90. The number of carboxylic acids is 1. The maximum absolute atomic E-state index is 12.9. The molecule has 1 saturated heterocycles. The molecular formula is C14H17F3N4O3. The molecule has 0 N–H and O–H groups in total. The van der Waals surface area contributed by atoms with Gasteiger partial charge in [0, 0.05) is 19.2 Å². The largest absolute Gasteiger partial charge is 0.548 e. The molecule has 10 heteroatoms. The maximum atomic E-state index is 12.9. The molecule has 0 radical (unpaired) electrons. The van der Waals surface area contributed by atoms with Crippen LogP contribution in [0.25, 0.3) is 0 Å². The Morgan fingerprint density at radius 3 is 2.58 bits per heavy atom. The molecule has 1 aromatic rings. The first kappa shape index (κ1) is 18.1. The second-order valence-electron chi connectivity index (χ2n) is 6.19. The summed E-state index contributed by atoms with van der Waals surface area (Å²) in [6.07, 6.45) is -3.77. The lowest BCUT2D eigenvalue weighted by atomic mass is 10.1. The number of aliphatic carboxylic acids is 1. The number of quaternary nitrogens is 1. The molecule has 2 heterocycles. The molecule has 2 rings (SSSR count). The minimum Gasteiger partial charge on any atom is -0.548 e. The lowest BCUT2D eigenvalue weighted by Crippen LogP contribution is -2.55. The highest BCUT2D eigenvalue weighted by Gasteiger charge is 2.55. The first-order chi connectivity index (χ1) is 11.0. The molecule has 1 aliphatic heterocycles. The van der Waals surface area contributed by atoms with E-state index in [4.69, 9.17) is 0 Å². The zero-order valence-electron chi connectivity index (χ0n) is 13.4. The molecule has 0 bridgehead atoms. The van der Waals surface area contributed by atoms with Gasteiger partial charge in [-0.05, 0) is 6.07 Å². The van der Waals surface area contributed by atoms with E-state index in [1.165, 1.54) is 7.05 Å². The van der Waals surface area contributed by atoms with Crippen molar-refractivity contribution in [1.82, 2.24) is 19.4 Å². The fourth-order valence-corrected chi connectivity index (χ4v) is 2.90. The molecule has 24 heavy (non-hydrogen) atoms. The normalized spacial score (nSPS) is 24.7. The van der Waals surface area contributed by atoms with Crippen LogP contribution < -0.4 is 9.59 Å². The molecule has 1 aromatic heterocycles. The highest BCUT2D eigenvalue weighted by molar-refractivity contribution is 5.93. The van der Waals surface area contributed by atoms with Gasteiger partial charge in [0.25, 0.3) is 0 Å². The molecule has 2 amide bonds. The highest BCUT2D eigenvalue weighted by Crippen LogP contribution is 2.33. The van der Waals surface area contributed by atoms with Gasteiger partial charge in [-0.3, -0.25) is 4.90 Å². The number of hydrogen-bond donors (Lipinski definition) is 0. The summed E-state index contributed by atoms with van der Waals surface area (Å²) < 4.78 is 38.1. The average Bonchev–Trinajstić information content (AvgIpc) is 2.72. The first-order valence-corrected chi connectivity index (χ1v) is 7.25. The van der Waals surface area contributed by atoms with Crippen LogP contribution in [0.15, 0.2) is 12.3 Å². The molecule has 0 spiro atoms. The second kappa shape index (κ2) is 6.00. The highest BCUT2D eigenvalue weighted by atomic mass is 19.4. The van der Waals surface area contributed by atoms with Crippen LogP contribution in [-0.4, -0.2) is 53.0 Å². The number of hydrogen-bond acceptors (Lipinski definition) is 5. The molecule has 2 unspecified atom stereocenters. The van der Waals surface area contributed by atoms with Crippen LogP contribution in [-0.2, 0) is 11.0 Å². The lowest BCUT2D eigenvalue weighted by molar-refractivity contribution is -0.309. The van der Waals surface area contributed by atoms with Gasteiger partial charge in [0.2, 0.25) is 0 Å². The summed E-state index contributed by atoms with van der Waals surface area (Å²) in [5, 5.41) is 11.3. The number of carbonyl (C=O) groups excluding carboxylic acids is 2. The Morgan fingerprint density at radius 1 is 1.50 bits per heavy atom. The van der Waals surface area contributed by atoms with Crippen molar-refractivity contribution in [3.63, 3.8) is 0 Å². The predicted molar refractivity (Wildman–Crippen MR) is 75.4 cm³/mol. The van der Waals surface area contributed by atoms with E-state index in [1.807, 2.05) is 0 Å². The monoisotopic (exact) mass is 346 g/mol. The van der Waals surface area contributed by atoms with E-state index < -0.39 is 34.4 Å². The molecule has 132 valence electrons. The molecule has 0 aliphatic carbocycles. The van der Waals surface area contributed by atoms with Crippen LogP contribution in [0.2, 0.25) is 0 Å². The van der Waals surface area contributed by atoms with E-state index in [-0.39, 0.29) is 25.0 Å². The number of carboxylic acid groups (broad SMARTS) is 1. The molecule has 7 nitrogen and oxygen atoms in total. The van der Waals surface area contributed by atoms with Crippen molar-refractivity contribution in [3.05, 3.63) is 18.0 Å². The third-order valence-corrected chi connectivity index (χ3v) is 3.89. The van der Waals surface area contributed by atoms with Crippen LogP contribution in [0.5, 0.6) is 0 Å². The number of alkyl halides is 3. The van der Waals surface area contributed by atoms with Gasteiger partial charge in [0.1, 0.15) is 12.6 Å². The Kier molecular flexibility index (Phi) is 4.53. The summed E-state index contributed by atoms with van der Waals surface area (Å²) >= 11 is 0. The van der Waals surface area contributed by atoms with E-state index in [2.05, 4.69) is 9.97 Å². The van der Waals surface area contributed by atoms with E-state index in [9.17, 15) is 27.9 Å². The Labute approximate surface area is 136 Å². The summed E-state index contributed by atoms with van der Waals surface area (Å²) in [7, 11) is 1.27. The number of amides is 2. The van der Waals surface area contributed by atoms with Gasteiger partial charge in [-0.25, -0.2) is 4.79 Å². The summed E-state index contributed by atoms with van der Waals surface area (Å²) in [5.41, 5.74) is -1.18. The third kappa shape index (κ3) is 3.05. The maximum Gasteiger partial charge on any atom is 0.433 e.